The van der Waals surface area contributed by atoms with Crippen molar-refractivity contribution < 1.29 is 4.39 Å². The molecule has 0 heterocycles. The van der Waals surface area contributed by atoms with Gasteiger partial charge in [-0.2, -0.15) is 11.8 Å². The standard InChI is InChI=1S/C15H24FN3S/c1-17-15(18-10-3-4-12-20-2)19-11-9-13-5-7-14(16)8-6-13/h5-8H,3-4,9-12H2,1-2H3,(H2,17,18,19). The summed E-state index contributed by atoms with van der Waals surface area (Å²) in [4.78, 5) is 4.18. The van der Waals surface area contributed by atoms with Gasteiger partial charge in [0.05, 0.1) is 0 Å². The Labute approximate surface area is 125 Å². The lowest BCUT2D eigenvalue weighted by Gasteiger charge is -2.11. The van der Waals surface area contributed by atoms with Gasteiger partial charge in [-0.3, -0.25) is 4.99 Å². The van der Waals surface area contributed by atoms with Crippen molar-refractivity contribution in [1.82, 2.24) is 10.6 Å². The number of aliphatic imine (C=N–C) groups is 1. The van der Waals surface area contributed by atoms with Gasteiger partial charge in [-0.15, -0.1) is 0 Å². The van der Waals surface area contributed by atoms with Crippen LogP contribution < -0.4 is 10.6 Å². The predicted octanol–water partition coefficient (Wildman–Crippen LogP) is 2.68. The van der Waals surface area contributed by atoms with Gasteiger partial charge in [-0.05, 0) is 49.0 Å². The van der Waals surface area contributed by atoms with E-state index in [1.54, 1.807) is 7.05 Å². The maximum atomic E-state index is 12.8. The van der Waals surface area contributed by atoms with Crippen molar-refractivity contribution in [3.63, 3.8) is 0 Å². The Bertz CT molecular complexity index is 393. The van der Waals surface area contributed by atoms with Crippen molar-refractivity contribution in [3.05, 3.63) is 35.6 Å². The van der Waals surface area contributed by atoms with E-state index in [0.29, 0.717) is 0 Å². The number of unbranched alkanes of at least 4 members (excludes halogenated alkanes) is 1. The van der Waals surface area contributed by atoms with E-state index in [2.05, 4.69) is 21.9 Å². The van der Waals surface area contributed by atoms with Gasteiger partial charge in [0.2, 0.25) is 0 Å². The lowest BCUT2D eigenvalue weighted by Crippen LogP contribution is -2.38. The molecule has 5 heteroatoms. The second kappa shape index (κ2) is 10.5. The number of hydrogen-bond acceptors (Lipinski definition) is 2. The highest BCUT2D eigenvalue weighted by Crippen LogP contribution is 2.02. The third-order valence-corrected chi connectivity index (χ3v) is 3.61. The number of halogens is 1. The molecule has 0 aromatic heterocycles. The van der Waals surface area contributed by atoms with Crippen LogP contribution in [0.2, 0.25) is 0 Å². The van der Waals surface area contributed by atoms with E-state index in [1.165, 1.54) is 24.3 Å². The monoisotopic (exact) mass is 297 g/mol. The average molecular weight is 297 g/mol. The van der Waals surface area contributed by atoms with Crippen LogP contribution in [0.5, 0.6) is 0 Å². The normalized spacial score (nSPS) is 11.4. The minimum atomic E-state index is -0.190. The topological polar surface area (TPSA) is 36.4 Å². The molecule has 0 saturated heterocycles. The Morgan fingerprint density at radius 2 is 1.85 bits per heavy atom. The van der Waals surface area contributed by atoms with Crippen molar-refractivity contribution >= 4 is 17.7 Å². The molecule has 2 N–H and O–H groups in total. The Kier molecular flexibility index (Phi) is 8.87. The van der Waals surface area contributed by atoms with Crippen LogP contribution in [0.25, 0.3) is 0 Å². The van der Waals surface area contributed by atoms with E-state index >= 15 is 0 Å². The van der Waals surface area contributed by atoms with Gasteiger partial charge in [-0.1, -0.05) is 12.1 Å². The van der Waals surface area contributed by atoms with Crippen molar-refractivity contribution in [2.45, 2.75) is 19.3 Å². The van der Waals surface area contributed by atoms with Crippen LogP contribution in [-0.4, -0.2) is 38.1 Å². The van der Waals surface area contributed by atoms with Crippen LogP contribution in [0.4, 0.5) is 4.39 Å². The molecule has 0 unspecified atom stereocenters. The van der Waals surface area contributed by atoms with Crippen LogP contribution in [-0.2, 0) is 6.42 Å². The molecule has 1 aromatic carbocycles. The highest BCUT2D eigenvalue weighted by molar-refractivity contribution is 7.98. The van der Waals surface area contributed by atoms with Crippen LogP contribution in [0.1, 0.15) is 18.4 Å². The molecule has 0 spiro atoms. The summed E-state index contributed by atoms with van der Waals surface area (Å²) in [6.07, 6.45) is 5.36. The number of hydrogen-bond donors (Lipinski definition) is 2. The molecule has 0 radical (unpaired) electrons. The summed E-state index contributed by atoms with van der Waals surface area (Å²) in [7, 11) is 1.77. The largest absolute Gasteiger partial charge is 0.356 e. The van der Waals surface area contributed by atoms with Gasteiger partial charge < -0.3 is 10.6 Å². The van der Waals surface area contributed by atoms with Crippen molar-refractivity contribution in [1.29, 1.82) is 0 Å². The fraction of sp³-hybridized carbons (Fsp3) is 0.533. The SMILES string of the molecule is CN=C(NCCCCSC)NCCc1ccc(F)cc1. The minimum Gasteiger partial charge on any atom is -0.356 e. The molecule has 0 aliphatic carbocycles. The molecule has 0 amide bonds. The number of nitrogens with zero attached hydrogens (tertiary/aromatic N) is 1. The molecule has 0 bridgehead atoms. The smallest absolute Gasteiger partial charge is 0.190 e. The summed E-state index contributed by atoms with van der Waals surface area (Å²) in [6, 6.07) is 6.62. The van der Waals surface area contributed by atoms with Gasteiger partial charge in [0.1, 0.15) is 5.82 Å². The Balaban J connectivity index is 2.16. The average Bonchev–Trinajstić information content (AvgIpc) is 2.47. The summed E-state index contributed by atoms with van der Waals surface area (Å²) < 4.78 is 12.8. The molecule has 112 valence electrons. The third-order valence-electron chi connectivity index (χ3n) is 2.91. The second-order valence-electron chi connectivity index (χ2n) is 4.50. The number of benzene rings is 1. The molecule has 1 rings (SSSR count). The Morgan fingerprint density at radius 3 is 2.50 bits per heavy atom. The summed E-state index contributed by atoms with van der Waals surface area (Å²) in [6.45, 7) is 1.73. The summed E-state index contributed by atoms with van der Waals surface area (Å²) in [5.41, 5.74) is 1.12. The molecular formula is C15H24FN3S. The summed E-state index contributed by atoms with van der Waals surface area (Å²) in [5, 5.41) is 6.56. The number of nitrogens with one attached hydrogen (secondary N) is 2. The van der Waals surface area contributed by atoms with Crippen molar-refractivity contribution in [2.24, 2.45) is 4.99 Å². The van der Waals surface area contributed by atoms with Crippen molar-refractivity contribution in [3.8, 4) is 0 Å². The predicted molar refractivity (Wildman–Crippen MR) is 87.1 cm³/mol. The lowest BCUT2D eigenvalue weighted by atomic mass is 10.1. The highest BCUT2D eigenvalue weighted by atomic mass is 32.2. The van der Waals surface area contributed by atoms with Crippen molar-refractivity contribution in [2.75, 3.05) is 32.1 Å². The van der Waals surface area contributed by atoms with E-state index in [4.69, 9.17) is 0 Å². The molecule has 3 nitrogen and oxygen atoms in total. The van der Waals surface area contributed by atoms with Gasteiger partial charge in [0.25, 0.3) is 0 Å². The molecule has 0 atom stereocenters. The first kappa shape index (κ1) is 16.8. The van der Waals surface area contributed by atoms with E-state index in [9.17, 15) is 4.39 Å². The molecular weight excluding hydrogens is 273 g/mol. The first-order chi connectivity index (χ1) is 9.76. The first-order valence-electron chi connectivity index (χ1n) is 6.94. The molecule has 1 aromatic rings. The van der Waals surface area contributed by atoms with Gasteiger partial charge >= 0.3 is 0 Å². The summed E-state index contributed by atoms with van der Waals surface area (Å²) >= 11 is 1.88. The zero-order valence-corrected chi connectivity index (χ0v) is 13.1. The zero-order chi connectivity index (χ0) is 14.6. The molecule has 0 aliphatic heterocycles. The zero-order valence-electron chi connectivity index (χ0n) is 12.3. The molecule has 20 heavy (non-hydrogen) atoms. The van der Waals surface area contributed by atoms with Gasteiger partial charge in [-0.25, -0.2) is 4.39 Å². The fourth-order valence-corrected chi connectivity index (χ4v) is 2.27. The maximum Gasteiger partial charge on any atom is 0.190 e. The van der Waals surface area contributed by atoms with Gasteiger partial charge in [0.15, 0.2) is 5.96 Å². The number of thioether (sulfide) groups is 1. The molecule has 0 saturated carbocycles. The van der Waals surface area contributed by atoms with E-state index in [0.717, 1.165) is 37.5 Å². The second-order valence-corrected chi connectivity index (χ2v) is 5.49. The lowest BCUT2D eigenvalue weighted by molar-refractivity contribution is 0.626. The first-order valence-corrected chi connectivity index (χ1v) is 8.33. The Morgan fingerprint density at radius 1 is 1.15 bits per heavy atom. The van der Waals surface area contributed by atoms with E-state index in [1.807, 2.05) is 23.9 Å². The number of rotatable bonds is 8. The molecule has 0 aliphatic rings. The quantitative estimate of drug-likeness (QED) is 0.440. The maximum absolute atomic E-state index is 12.8. The van der Waals surface area contributed by atoms with Gasteiger partial charge in [0, 0.05) is 20.1 Å². The van der Waals surface area contributed by atoms with Crippen LogP contribution in [0.15, 0.2) is 29.3 Å². The number of guanidine groups is 1. The summed E-state index contributed by atoms with van der Waals surface area (Å²) in [5.74, 6) is 1.85. The third kappa shape index (κ3) is 7.38. The molecule has 0 fully saturated rings. The van der Waals surface area contributed by atoms with E-state index in [-0.39, 0.29) is 5.82 Å². The minimum absolute atomic E-state index is 0.190. The van der Waals surface area contributed by atoms with Crippen LogP contribution in [0, 0.1) is 5.82 Å². The van der Waals surface area contributed by atoms with Crippen LogP contribution >= 0.6 is 11.8 Å². The van der Waals surface area contributed by atoms with Crippen LogP contribution in [0.3, 0.4) is 0 Å². The van der Waals surface area contributed by atoms with E-state index < -0.39 is 0 Å². The highest BCUT2D eigenvalue weighted by Gasteiger charge is 1.98. The Hall–Kier alpha value is -1.23. The fourth-order valence-electron chi connectivity index (χ4n) is 1.78.